The minimum absolute atomic E-state index is 0.106. The predicted octanol–water partition coefficient (Wildman–Crippen LogP) is 7.24. The van der Waals surface area contributed by atoms with Crippen molar-refractivity contribution in [3.8, 4) is 11.5 Å². The second-order valence-corrected chi connectivity index (χ2v) is 9.26. The molecule has 0 aliphatic rings. The van der Waals surface area contributed by atoms with Gasteiger partial charge in [-0.2, -0.15) is 0 Å². The molecule has 0 radical (unpaired) electrons. The summed E-state index contributed by atoms with van der Waals surface area (Å²) in [5, 5.41) is 20.2. The van der Waals surface area contributed by atoms with E-state index in [1.807, 2.05) is 37.3 Å². The number of aromatic hydroxyl groups is 1. The van der Waals surface area contributed by atoms with Crippen LogP contribution < -0.4 is 4.74 Å². The summed E-state index contributed by atoms with van der Waals surface area (Å²) in [6.07, 6.45) is 2.21. The Hall–Kier alpha value is -3.60. The number of aromatic carboxylic acids is 1. The molecule has 3 aromatic rings. The summed E-state index contributed by atoms with van der Waals surface area (Å²) >= 11 is 0. The van der Waals surface area contributed by atoms with E-state index in [0.717, 1.165) is 40.7 Å². The number of ether oxygens (including phenoxy) is 1. The number of carboxylic acids is 1. The normalized spacial score (nSPS) is 12.7. The van der Waals surface area contributed by atoms with Gasteiger partial charge in [0.15, 0.2) is 0 Å². The van der Waals surface area contributed by atoms with Gasteiger partial charge in [-0.25, -0.2) is 9.59 Å². The number of aryl methyl sites for hydroxylation is 1. The summed E-state index contributed by atoms with van der Waals surface area (Å²) in [4.78, 5) is 24.2. The van der Waals surface area contributed by atoms with E-state index in [2.05, 4.69) is 27.7 Å². The molecule has 184 valence electrons. The van der Waals surface area contributed by atoms with Gasteiger partial charge in [0.2, 0.25) is 0 Å². The van der Waals surface area contributed by atoms with Crippen molar-refractivity contribution in [2.75, 3.05) is 0 Å². The Balaban J connectivity index is 2.03. The van der Waals surface area contributed by atoms with Gasteiger partial charge in [0.1, 0.15) is 11.5 Å². The van der Waals surface area contributed by atoms with Crippen molar-refractivity contribution >= 4 is 11.9 Å². The smallest absolute Gasteiger partial charge is 0.343 e. The summed E-state index contributed by atoms with van der Waals surface area (Å²) in [5.41, 5.74) is 4.92. The molecule has 0 spiro atoms. The first-order valence-electron chi connectivity index (χ1n) is 12.2. The molecule has 0 bridgehead atoms. The Morgan fingerprint density at radius 2 is 1.46 bits per heavy atom. The maximum Gasteiger partial charge on any atom is 0.343 e. The van der Waals surface area contributed by atoms with Crippen molar-refractivity contribution in [1.82, 2.24) is 0 Å². The predicted molar refractivity (Wildman–Crippen MR) is 138 cm³/mol. The first kappa shape index (κ1) is 26.0. The minimum atomic E-state index is -1.05. The molecule has 0 amide bonds. The van der Waals surface area contributed by atoms with Crippen LogP contribution in [0.3, 0.4) is 0 Å². The fourth-order valence-corrected chi connectivity index (χ4v) is 4.20. The van der Waals surface area contributed by atoms with Crippen LogP contribution in [0, 0.1) is 6.92 Å². The first-order valence-corrected chi connectivity index (χ1v) is 12.2. The van der Waals surface area contributed by atoms with Crippen molar-refractivity contribution < 1.29 is 24.5 Å². The third-order valence-corrected chi connectivity index (χ3v) is 6.72. The van der Waals surface area contributed by atoms with E-state index in [4.69, 9.17) is 9.84 Å². The van der Waals surface area contributed by atoms with Crippen molar-refractivity contribution in [2.24, 2.45) is 0 Å². The summed E-state index contributed by atoms with van der Waals surface area (Å²) in [7, 11) is 0. The molecule has 5 heteroatoms. The zero-order valence-corrected chi connectivity index (χ0v) is 21.1. The number of esters is 1. The maximum absolute atomic E-state index is 13.0. The van der Waals surface area contributed by atoms with Crippen LogP contribution in [0.15, 0.2) is 54.6 Å². The molecule has 2 unspecified atom stereocenters. The lowest BCUT2D eigenvalue weighted by molar-refractivity contribution is 0.0691. The molecule has 0 fully saturated rings. The Kier molecular flexibility index (Phi) is 8.34. The molecule has 35 heavy (non-hydrogen) atoms. The van der Waals surface area contributed by atoms with E-state index in [1.165, 1.54) is 24.3 Å². The van der Waals surface area contributed by atoms with Gasteiger partial charge in [0.05, 0.1) is 11.1 Å². The van der Waals surface area contributed by atoms with Gasteiger partial charge >= 0.3 is 11.9 Å². The van der Waals surface area contributed by atoms with Crippen LogP contribution in [0.5, 0.6) is 11.5 Å². The first-order chi connectivity index (χ1) is 16.7. The zero-order valence-electron chi connectivity index (χ0n) is 21.1. The van der Waals surface area contributed by atoms with Gasteiger partial charge in [-0.15, -0.1) is 0 Å². The van der Waals surface area contributed by atoms with Gasteiger partial charge in [0, 0.05) is 6.42 Å². The maximum atomic E-state index is 13.0. The summed E-state index contributed by atoms with van der Waals surface area (Å²) in [6, 6.07) is 15.6. The molecular formula is C30H34O5. The van der Waals surface area contributed by atoms with E-state index in [-0.39, 0.29) is 23.0 Å². The number of hydrogen-bond acceptors (Lipinski definition) is 4. The van der Waals surface area contributed by atoms with E-state index in [1.54, 1.807) is 0 Å². The monoisotopic (exact) mass is 474 g/mol. The molecule has 2 N–H and O–H groups in total. The largest absolute Gasteiger partial charge is 0.507 e. The lowest BCUT2D eigenvalue weighted by Gasteiger charge is -2.20. The van der Waals surface area contributed by atoms with Crippen LogP contribution in [0.4, 0.5) is 0 Å². The zero-order chi connectivity index (χ0) is 25.7. The fourth-order valence-electron chi connectivity index (χ4n) is 4.20. The number of hydrogen-bond donors (Lipinski definition) is 2. The molecule has 0 saturated carbocycles. The molecule has 5 nitrogen and oxygen atoms in total. The van der Waals surface area contributed by atoms with E-state index >= 15 is 0 Å². The highest BCUT2D eigenvalue weighted by molar-refractivity contribution is 5.93. The summed E-state index contributed by atoms with van der Waals surface area (Å²) in [6.45, 7) is 10.4. The fraction of sp³-hybridized carbons (Fsp3) is 0.333. The van der Waals surface area contributed by atoms with Crippen LogP contribution in [0.2, 0.25) is 0 Å². The Labute approximate surface area is 207 Å². The second kappa shape index (κ2) is 11.2. The number of para-hydroxylation sites is 1. The lowest BCUT2D eigenvalue weighted by Crippen LogP contribution is -2.13. The minimum Gasteiger partial charge on any atom is -0.507 e. The van der Waals surface area contributed by atoms with E-state index in [9.17, 15) is 14.7 Å². The molecular weight excluding hydrogens is 440 g/mol. The highest BCUT2D eigenvalue weighted by Gasteiger charge is 2.21. The van der Waals surface area contributed by atoms with Gasteiger partial charge in [-0.3, -0.25) is 0 Å². The third kappa shape index (κ3) is 5.91. The highest BCUT2D eigenvalue weighted by Crippen LogP contribution is 2.38. The van der Waals surface area contributed by atoms with Gasteiger partial charge in [-0.05, 0) is 78.1 Å². The molecule has 0 aromatic heterocycles. The van der Waals surface area contributed by atoms with Crippen LogP contribution in [-0.2, 0) is 6.42 Å². The van der Waals surface area contributed by atoms with Crippen molar-refractivity contribution in [1.29, 1.82) is 0 Å². The molecule has 2 atom stereocenters. The second-order valence-electron chi connectivity index (χ2n) is 9.26. The number of phenols is 1. The summed E-state index contributed by atoms with van der Waals surface area (Å²) < 4.78 is 5.96. The molecule has 0 saturated heterocycles. The Bertz CT molecular complexity index is 1210. The third-order valence-electron chi connectivity index (χ3n) is 6.72. The standard InChI is InChI=1S/C30H34O5/c1-6-19(4)25-10-8-9-23(17-24-15-18(3)16-26(27(24)31)20(5)7-2)28(25)35-30(34)22-13-11-21(12-14-22)29(32)33/h8-16,19-20,31H,6-7,17H2,1-5H3,(H,32,33). The van der Waals surface area contributed by atoms with E-state index < -0.39 is 11.9 Å². The number of carboxylic acid groups (broad SMARTS) is 1. The number of phenolic OH excluding ortho intramolecular Hbond substituents is 1. The van der Waals surface area contributed by atoms with Crippen molar-refractivity contribution in [2.45, 2.75) is 65.7 Å². The molecule has 0 aliphatic heterocycles. The summed E-state index contributed by atoms with van der Waals surface area (Å²) in [5.74, 6) is -0.419. The average molecular weight is 475 g/mol. The molecule has 3 aromatic carbocycles. The van der Waals surface area contributed by atoms with Gasteiger partial charge in [0.25, 0.3) is 0 Å². The molecule has 0 heterocycles. The van der Waals surface area contributed by atoms with Gasteiger partial charge < -0.3 is 14.9 Å². The quantitative estimate of drug-likeness (QED) is 0.252. The topological polar surface area (TPSA) is 83.8 Å². The van der Waals surface area contributed by atoms with Gasteiger partial charge in [-0.1, -0.05) is 63.6 Å². The van der Waals surface area contributed by atoms with Crippen LogP contribution in [0.1, 0.15) is 101 Å². The average Bonchev–Trinajstić information content (AvgIpc) is 2.85. The molecule has 3 rings (SSSR count). The van der Waals surface area contributed by atoms with Crippen molar-refractivity contribution in [3.63, 3.8) is 0 Å². The Morgan fingerprint density at radius 1 is 0.857 bits per heavy atom. The van der Waals surface area contributed by atoms with Crippen LogP contribution >= 0.6 is 0 Å². The number of carbonyl (C=O) groups is 2. The number of benzene rings is 3. The SMILES string of the molecule is CCC(C)c1cc(C)cc(Cc2cccc(C(C)CC)c2OC(=O)c2ccc(C(=O)O)cc2)c1O. The van der Waals surface area contributed by atoms with Crippen LogP contribution in [-0.4, -0.2) is 22.2 Å². The Morgan fingerprint density at radius 3 is 2.06 bits per heavy atom. The molecule has 0 aliphatic carbocycles. The van der Waals surface area contributed by atoms with E-state index in [0.29, 0.717) is 17.9 Å². The lowest BCUT2D eigenvalue weighted by atomic mass is 9.89. The van der Waals surface area contributed by atoms with Crippen molar-refractivity contribution in [3.05, 3.63) is 93.5 Å². The van der Waals surface area contributed by atoms with Crippen LogP contribution in [0.25, 0.3) is 0 Å². The number of rotatable bonds is 9. The number of carbonyl (C=O) groups excluding carboxylic acids is 1. The highest BCUT2D eigenvalue weighted by atomic mass is 16.5.